The predicted molar refractivity (Wildman–Crippen MR) is 220 cm³/mol. The van der Waals surface area contributed by atoms with Gasteiger partial charge in [0, 0.05) is 22.1 Å². The summed E-state index contributed by atoms with van der Waals surface area (Å²) in [7, 11) is 0. The largest absolute Gasteiger partial charge is 0.208 e. The van der Waals surface area contributed by atoms with Crippen LogP contribution in [0.5, 0.6) is 0 Å². The van der Waals surface area contributed by atoms with Crippen LogP contribution in [0.3, 0.4) is 0 Å². The molecule has 0 unspecified atom stereocenters. The highest BCUT2D eigenvalue weighted by molar-refractivity contribution is 6.13. The van der Waals surface area contributed by atoms with Crippen molar-refractivity contribution in [3.8, 4) is 67.5 Å². The molecule has 1 aliphatic rings. The molecule has 0 spiro atoms. The number of hydrogen-bond acceptors (Lipinski definition) is 3. The van der Waals surface area contributed by atoms with Gasteiger partial charge in [-0.1, -0.05) is 166 Å². The summed E-state index contributed by atoms with van der Waals surface area (Å²) in [5.74, 6) is 1.94. The minimum atomic E-state index is -0.0829. The molecule has 0 atom stereocenters. The lowest BCUT2D eigenvalue weighted by molar-refractivity contribution is 0.661. The maximum absolute atomic E-state index is 5.23. The molecule has 1 aliphatic carbocycles. The fourth-order valence-corrected chi connectivity index (χ4v) is 8.17. The second kappa shape index (κ2) is 12.2. The Balaban J connectivity index is 1.17. The zero-order valence-electron chi connectivity index (χ0n) is 29.6. The van der Waals surface area contributed by atoms with Gasteiger partial charge in [-0.3, -0.25) is 0 Å². The van der Waals surface area contributed by atoms with Crippen molar-refractivity contribution in [3.05, 3.63) is 187 Å². The van der Waals surface area contributed by atoms with Crippen molar-refractivity contribution < 1.29 is 0 Å². The summed E-state index contributed by atoms with van der Waals surface area (Å²) in [6.07, 6.45) is 0. The summed E-state index contributed by atoms with van der Waals surface area (Å²) in [6, 6.07) is 62.5. The fourth-order valence-electron chi connectivity index (χ4n) is 8.17. The molecular formula is C50H35N3. The Labute approximate surface area is 309 Å². The van der Waals surface area contributed by atoms with Crippen molar-refractivity contribution in [3.63, 3.8) is 0 Å². The number of fused-ring (bicyclic) bond motifs is 6. The Kier molecular flexibility index (Phi) is 7.16. The van der Waals surface area contributed by atoms with E-state index in [9.17, 15) is 0 Å². The number of nitrogens with zero attached hydrogens (tertiary/aromatic N) is 3. The molecule has 0 fully saturated rings. The van der Waals surface area contributed by atoms with E-state index >= 15 is 0 Å². The first-order valence-corrected chi connectivity index (χ1v) is 18.2. The Hall–Kier alpha value is -6.71. The normalized spacial score (nSPS) is 12.9. The van der Waals surface area contributed by atoms with Gasteiger partial charge in [0.2, 0.25) is 0 Å². The van der Waals surface area contributed by atoms with Crippen LogP contribution < -0.4 is 0 Å². The van der Waals surface area contributed by atoms with Gasteiger partial charge in [0.25, 0.3) is 0 Å². The van der Waals surface area contributed by atoms with Crippen LogP contribution in [0, 0.1) is 0 Å². The highest BCUT2D eigenvalue weighted by Gasteiger charge is 2.35. The molecule has 3 nitrogen and oxygen atoms in total. The fraction of sp³-hybridized carbons (Fsp3) is 0.0600. The molecule has 0 bridgehead atoms. The first kappa shape index (κ1) is 31.1. The zero-order chi connectivity index (χ0) is 35.5. The minimum Gasteiger partial charge on any atom is -0.208 e. The third kappa shape index (κ3) is 5.24. The summed E-state index contributed by atoms with van der Waals surface area (Å²) in [5.41, 5.74) is 12.7. The second-order valence-corrected chi connectivity index (χ2v) is 14.5. The van der Waals surface area contributed by atoms with Gasteiger partial charge in [0.1, 0.15) is 0 Å². The van der Waals surface area contributed by atoms with Crippen LogP contribution in [-0.2, 0) is 5.41 Å². The van der Waals surface area contributed by atoms with Crippen molar-refractivity contribution in [1.82, 2.24) is 15.0 Å². The second-order valence-electron chi connectivity index (χ2n) is 14.5. The molecule has 0 saturated heterocycles. The van der Waals surface area contributed by atoms with E-state index in [-0.39, 0.29) is 5.41 Å². The Bertz CT molecular complexity index is 2750. The summed E-state index contributed by atoms with van der Waals surface area (Å²) in [6.45, 7) is 4.68. The van der Waals surface area contributed by atoms with Gasteiger partial charge in [0.05, 0.1) is 0 Å². The number of rotatable bonds is 5. The van der Waals surface area contributed by atoms with Crippen LogP contribution in [0.4, 0.5) is 0 Å². The van der Waals surface area contributed by atoms with E-state index < -0.39 is 0 Å². The maximum Gasteiger partial charge on any atom is 0.164 e. The summed E-state index contributed by atoms with van der Waals surface area (Å²) < 4.78 is 0. The molecule has 0 saturated carbocycles. The highest BCUT2D eigenvalue weighted by atomic mass is 15.0. The average molecular weight is 678 g/mol. The van der Waals surface area contributed by atoms with Gasteiger partial charge in [-0.05, 0) is 90.3 Å². The lowest BCUT2D eigenvalue weighted by Crippen LogP contribution is -2.14. The van der Waals surface area contributed by atoms with E-state index in [2.05, 4.69) is 178 Å². The quantitative estimate of drug-likeness (QED) is 0.170. The SMILES string of the molecule is CC1(C)c2ccccc2-c2cc3ccc4c(-c5nc(-c6cccc(-c7ccccc7)c6)nc(-c6cccc(-c7ccccc7)c6)n5)cccc4c3cc21. The van der Waals surface area contributed by atoms with Crippen molar-refractivity contribution in [2.75, 3.05) is 0 Å². The molecule has 0 N–H and O–H groups in total. The van der Waals surface area contributed by atoms with Crippen LogP contribution in [-0.4, -0.2) is 15.0 Å². The van der Waals surface area contributed by atoms with Gasteiger partial charge in [-0.25, -0.2) is 15.0 Å². The number of benzene rings is 8. The number of hydrogen-bond donors (Lipinski definition) is 0. The molecule has 250 valence electrons. The Morgan fingerprint density at radius 2 is 0.849 bits per heavy atom. The molecule has 9 aromatic rings. The maximum atomic E-state index is 5.23. The third-order valence-electron chi connectivity index (χ3n) is 10.9. The Morgan fingerprint density at radius 3 is 1.51 bits per heavy atom. The van der Waals surface area contributed by atoms with Gasteiger partial charge >= 0.3 is 0 Å². The average Bonchev–Trinajstić information content (AvgIpc) is 3.45. The van der Waals surface area contributed by atoms with E-state index in [1.54, 1.807) is 0 Å². The van der Waals surface area contributed by atoms with Crippen LogP contribution in [0.15, 0.2) is 176 Å². The lowest BCUT2D eigenvalue weighted by Gasteiger charge is -2.22. The first-order chi connectivity index (χ1) is 26.0. The molecular weight excluding hydrogens is 643 g/mol. The van der Waals surface area contributed by atoms with Gasteiger partial charge < -0.3 is 0 Å². The van der Waals surface area contributed by atoms with E-state index in [0.29, 0.717) is 17.5 Å². The summed E-state index contributed by atoms with van der Waals surface area (Å²) in [5, 5.41) is 4.78. The molecule has 1 aromatic heterocycles. The van der Waals surface area contributed by atoms with E-state index in [1.807, 2.05) is 12.1 Å². The van der Waals surface area contributed by atoms with E-state index in [4.69, 9.17) is 15.0 Å². The molecule has 3 heteroatoms. The summed E-state index contributed by atoms with van der Waals surface area (Å²) >= 11 is 0. The van der Waals surface area contributed by atoms with Gasteiger partial charge in [0.15, 0.2) is 17.5 Å². The van der Waals surface area contributed by atoms with Crippen LogP contribution >= 0.6 is 0 Å². The van der Waals surface area contributed by atoms with E-state index in [1.165, 1.54) is 38.4 Å². The van der Waals surface area contributed by atoms with E-state index in [0.717, 1.165) is 44.3 Å². The molecule has 1 heterocycles. The molecule has 10 rings (SSSR count). The molecule has 0 radical (unpaired) electrons. The van der Waals surface area contributed by atoms with Crippen LogP contribution in [0.25, 0.3) is 89.1 Å². The Morgan fingerprint density at radius 1 is 0.321 bits per heavy atom. The monoisotopic (exact) mass is 677 g/mol. The standard InChI is InChI=1S/C50H35N3/c1-50(2)45-25-10-9-22-41(45)44-30-36-26-27-40-39(43(36)31-46(44)50)23-13-24-42(40)49-52-47(37-20-11-18-34(28-37)32-14-5-3-6-15-32)51-48(53-49)38-21-12-19-35(29-38)33-16-7-4-8-17-33/h3-31H,1-2H3. The highest BCUT2D eigenvalue weighted by Crippen LogP contribution is 2.50. The smallest absolute Gasteiger partial charge is 0.164 e. The molecule has 0 amide bonds. The number of aromatic nitrogens is 3. The van der Waals surface area contributed by atoms with Crippen molar-refractivity contribution in [2.24, 2.45) is 0 Å². The predicted octanol–water partition coefficient (Wildman–Crippen LogP) is 12.8. The lowest BCUT2D eigenvalue weighted by atomic mass is 9.81. The first-order valence-electron chi connectivity index (χ1n) is 18.2. The molecule has 53 heavy (non-hydrogen) atoms. The van der Waals surface area contributed by atoms with Gasteiger partial charge in [-0.2, -0.15) is 0 Å². The third-order valence-corrected chi connectivity index (χ3v) is 10.9. The molecule has 0 aliphatic heterocycles. The van der Waals surface area contributed by atoms with Crippen LogP contribution in [0.2, 0.25) is 0 Å². The zero-order valence-corrected chi connectivity index (χ0v) is 29.6. The van der Waals surface area contributed by atoms with Crippen molar-refractivity contribution >= 4 is 21.5 Å². The van der Waals surface area contributed by atoms with Crippen molar-refractivity contribution in [1.29, 1.82) is 0 Å². The topological polar surface area (TPSA) is 38.7 Å². The molecule has 8 aromatic carbocycles. The van der Waals surface area contributed by atoms with Gasteiger partial charge in [-0.15, -0.1) is 0 Å². The minimum absolute atomic E-state index is 0.0829. The van der Waals surface area contributed by atoms with Crippen LogP contribution in [0.1, 0.15) is 25.0 Å². The van der Waals surface area contributed by atoms with Crippen molar-refractivity contribution in [2.45, 2.75) is 19.3 Å². The summed E-state index contributed by atoms with van der Waals surface area (Å²) in [4.78, 5) is 15.6.